The molecule has 0 unspecified atom stereocenters. The summed E-state index contributed by atoms with van der Waals surface area (Å²) in [5.74, 6) is -0.843. The predicted octanol–water partition coefficient (Wildman–Crippen LogP) is 0.918. The molecular weight excluding hydrogens is 224 g/mol. The average Bonchev–Trinajstić information content (AvgIpc) is 2.23. The van der Waals surface area contributed by atoms with Gasteiger partial charge in [-0.3, -0.25) is 4.79 Å². The molecule has 0 rings (SSSR count). The Bertz CT molecular complexity index is 244. The van der Waals surface area contributed by atoms with Crippen LogP contribution < -0.4 is 5.32 Å². The van der Waals surface area contributed by atoms with Crippen LogP contribution in [0.1, 0.15) is 26.7 Å². The Balaban J connectivity index is 3.57. The van der Waals surface area contributed by atoms with Gasteiger partial charge in [0.2, 0.25) is 0 Å². The lowest BCUT2D eigenvalue weighted by Crippen LogP contribution is -2.39. The van der Waals surface area contributed by atoms with E-state index in [0.29, 0.717) is 26.1 Å². The second-order valence-corrected chi connectivity index (χ2v) is 4.07. The molecule has 0 spiro atoms. The van der Waals surface area contributed by atoms with Crippen molar-refractivity contribution in [1.82, 2.24) is 10.2 Å². The first-order valence-electron chi connectivity index (χ1n) is 5.76. The molecule has 0 saturated heterocycles. The minimum Gasteiger partial charge on any atom is -0.481 e. The molecule has 100 valence electrons. The van der Waals surface area contributed by atoms with Crippen LogP contribution in [-0.2, 0) is 9.53 Å². The molecule has 6 nitrogen and oxygen atoms in total. The SMILES string of the molecule is CC(C)OCCNC(=O)N(C)CCCC(=O)O. The first kappa shape index (κ1) is 15.7. The van der Waals surface area contributed by atoms with Gasteiger partial charge in [-0.15, -0.1) is 0 Å². The van der Waals surface area contributed by atoms with Gasteiger partial charge in [-0.05, 0) is 20.3 Å². The van der Waals surface area contributed by atoms with E-state index in [9.17, 15) is 9.59 Å². The van der Waals surface area contributed by atoms with Gasteiger partial charge in [0.05, 0.1) is 12.7 Å². The first-order valence-corrected chi connectivity index (χ1v) is 5.76. The maximum Gasteiger partial charge on any atom is 0.317 e. The predicted molar refractivity (Wildman–Crippen MR) is 64.0 cm³/mol. The van der Waals surface area contributed by atoms with Crippen LogP contribution in [0.25, 0.3) is 0 Å². The average molecular weight is 246 g/mol. The zero-order valence-electron chi connectivity index (χ0n) is 10.7. The van der Waals surface area contributed by atoms with Crippen molar-refractivity contribution in [2.75, 3.05) is 26.7 Å². The molecule has 6 heteroatoms. The van der Waals surface area contributed by atoms with Gasteiger partial charge in [0, 0.05) is 26.6 Å². The van der Waals surface area contributed by atoms with Gasteiger partial charge in [0.1, 0.15) is 0 Å². The van der Waals surface area contributed by atoms with Crippen molar-refractivity contribution in [2.24, 2.45) is 0 Å². The van der Waals surface area contributed by atoms with Gasteiger partial charge >= 0.3 is 12.0 Å². The maximum absolute atomic E-state index is 11.5. The van der Waals surface area contributed by atoms with E-state index >= 15 is 0 Å². The molecule has 0 aromatic carbocycles. The van der Waals surface area contributed by atoms with Crippen molar-refractivity contribution < 1.29 is 19.4 Å². The number of hydrogen-bond donors (Lipinski definition) is 2. The maximum atomic E-state index is 11.5. The molecule has 0 aromatic rings. The molecule has 2 N–H and O–H groups in total. The third-order valence-electron chi connectivity index (χ3n) is 2.06. The minimum atomic E-state index is -0.843. The molecule has 0 saturated carbocycles. The summed E-state index contributed by atoms with van der Waals surface area (Å²) in [4.78, 5) is 23.2. The second kappa shape index (κ2) is 8.81. The summed E-state index contributed by atoms with van der Waals surface area (Å²) in [6.45, 7) is 5.23. The number of carbonyl (C=O) groups excluding carboxylic acids is 1. The lowest BCUT2D eigenvalue weighted by molar-refractivity contribution is -0.137. The number of nitrogens with one attached hydrogen (secondary N) is 1. The van der Waals surface area contributed by atoms with Crippen molar-refractivity contribution in [3.63, 3.8) is 0 Å². The largest absolute Gasteiger partial charge is 0.481 e. The second-order valence-electron chi connectivity index (χ2n) is 4.07. The van der Waals surface area contributed by atoms with E-state index in [1.807, 2.05) is 13.8 Å². The summed E-state index contributed by atoms with van der Waals surface area (Å²) < 4.78 is 5.27. The number of aliphatic carboxylic acids is 1. The summed E-state index contributed by atoms with van der Waals surface area (Å²) in [5, 5.41) is 11.1. The molecule has 0 radical (unpaired) electrons. The quantitative estimate of drug-likeness (QED) is 0.624. The van der Waals surface area contributed by atoms with Crippen molar-refractivity contribution in [2.45, 2.75) is 32.8 Å². The fourth-order valence-electron chi connectivity index (χ4n) is 1.16. The number of rotatable bonds is 8. The molecule has 0 bridgehead atoms. The van der Waals surface area contributed by atoms with Crippen LogP contribution in [0.15, 0.2) is 0 Å². The molecule has 0 atom stereocenters. The van der Waals surface area contributed by atoms with E-state index in [0.717, 1.165) is 0 Å². The Morgan fingerprint density at radius 3 is 2.59 bits per heavy atom. The molecule has 0 fully saturated rings. The van der Waals surface area contributed by atoms with Gasteiger partial charge in [0.15, 0.2) is 0 Å². The number of amides is 2. The minimum absolute atomic E-state index is 0.0775. The molecule has 2 amide bonds. The van der Waals surface area contributed by atoms with Crippen molar-refractivity contribution in [3.8, 4) is 0 Å². The lowest BCUT2D eigenvalue weighted by Gasteiger charge is -2.17. The smallest absolute Gasteiger partial charge is 0.317 e. The van der Waals surface area contributed by atoms with Crippen molar-refractivity contribution in [3.05, 3.63) is 0 Å². The highest BCUT2D eigenvalue weighted by Gasteiger charge is 2.08. The van der Waals surface area contributed by atoms with Crippen molar-refractivity contribution >= 4 is 12.0 Å². The van der Waals surface area contributed by atoms with Crippen LogP contribution in [0.2, 0.25) is 0 Å². The highest BCUT2D eigenvalue weighted by atomic mass is 16.5. The van der Waals surface area contributed by atoms with Gasteiger partial charge in [-0.25, -0.2) is 4.79 Å². The van der Waals surface area contributed by atoms with Crippen LogP contribution >= 0.6 is 0 Å². The Morgan fingerprint density at radius 1 is 1.41 bits per heavy atom. The van der Waals surface area contributed by atoms with Crippen LogP contribution in [0.5, 0.6) is 0 Å². The monoisotopic (exact) mass is 246 g/mol. The fraction of sp³-hybridized carbons (Fsp3) is 0.818. The van der Waals surface area contributed by atoms with Gasteiger partial charge in [-0.1, -0.05) is 0 Å². The molecular formula is C11H22N2O4. The summed E-state index contributed by atoms with van der Waals surface area (Å²) in [7, 11) is 1.64. The molecule has 0 aliphatic heterocycles. The van der Waals surface area contributed by atoms with Gasteiger partial charge in [-0.2, -0.15) is 0 Å². The summed E-state index contributed by atoms with van der Waals surface area (Å²) in [6, 6.07) is -0.206. The molecule has 17 heavy (non-hydrogen) atoms. The summed E-state index contributed by atoms with van der Waals surface area (Å²) in [6.07, 6.45) is 0.690. The van der Waals surface area contributed by atoms with E-state index in [-0.39, 0.29) is 18.6 Å². The summed E-state index contributed by atoms with van der Waals surface area (Å²) >= 11 is 0. The molecule has 0 aliphatic rings. The van der Waals surface area contributed by atoms with Crippen LogP contribution in [0, 0.1) is 0 Å². The number of ether oxygens (including phenoxy) is 1. The first-order chi connectivity index (χ1) is 7.93. The molecule has 0 heterocycles. The zero-order valence-corrected chi connectivity index (χ0v) is 10.7. The highest BCUT2D eigenvalue weighted by molar-refractivity contribution is 5.73. The van der Waals surface area contributed by atoms with Crippen LogP contribution in [0.4, 0.5) is 4.79 Å². The Labute approximate surface area is 102 Å². The number of carbonyl (C=O) groups is 2. The van der Waals surface area contributed by atoms with Crippen molar-refractivity contribution in [1.29, 1.82) is 0 Å². The Kier molecular flexibility index (Phi) is 8.13. The number of urea groups is 1. The molecule has 0 aromatic heterocycles. The number of carboxylic acid groups (broad SMARTS) is 1. The Morgan fingerprint density at radius 2 is 2.06 bits per heavy atom. The van der Waals surface area contributed by atoms with Crippen LogP contribution in [0.3, 0.4) is 0 Å². The topological polar surface area (TPSA) is 78.9 Å². The fourth-order valence-corrected chi connectivity index (χ4v) is 1.16. The molecule has 0 aliphatic carbocycles. The third kappa shape index (κ3) is 9.62. The normalized spacial score (nSPS) is 10.4. The van der Waals surface area contributed by atoms with E-state index in [1.165, 1.54) is 4.90 Å². The van der Waals surface area contributed by atoms with Crippen LogP contribution in [-0.4, -0.2) is 54.9 Å². The van der Waals surface area contributed by atoms with E-state index in [2.05, 4.69) is 5.32 Å². The van der Waals surface area contributed by atoms with Gasteiger partial charge in [0.25, 0.3) is 0 Å². The Hall–Kier alpha value is -1.30. The standard InChI is InChI=1S/C11H22N2O4/c1-9(2)17-8-6-12-11(16)13(3)7-4-5-10(14)15/h9H,4-8H2,1-3H3,(H,12,16)(H,14,15). The zero-order chi connectivity index (χ0) is 13.3. The van der Waals surface area contributed by atoms with E-state index in [4.69, 9.17) is 9.84 Å². The third-order valence-corrected chi connectivity index (χ3v) is 2.06. The van der Waals surface area contributed by atoms with E-state index < -0.39 is 5.97 Å². The van der Waals surface area contributed by atoms with Gasteiger partial charge < -0.3 is 20.1 Å². The number of nitrogens with zero attached hydrogens (tertiary/aromatic N) is 1. The lowest BCUT2D eigenvalue weighted by atomic mass is 10.3. The van der Waals surface area contributed by atoms with E-state index in [1.54, 1.807) is 7.05 Å². The summed E-state index contributed by atoms with van der Waals surface area (Å²) in [5.41, 5.74) is 0. The number of hydrogen-bond acceptors (Lipinski definition) is 3. The number of carboxylic acids is 1. The highest BCUT2D eigenvalue weighted by Crippen LogP contribution is 1.93.